The third-order valence-electron chi connectivity index (χ3n) is 4.44. The second-order valence-corrected chi connectivity index (χ2v) is 18.1. The van der Waals surface area contributed by atoms with Gasteiger partial charge in [0, 0.05) is 0 Å². The molecule has 4 rings (SSSR count). The summed E-state index contributed by atoms with van der Waals surface area (Å²) in [5.74, 6) is 0. The molecule has 2 heteroatoms. The van der Waals surface area contributed by atoms with Crippen LogP contribution in [0.1, 0.15) is 25.0 Å². The minimum atomic E-state index is 0.187. The summed E-state index contributed by atoms with van der Waals surface area (Å²) in [5.41, 5.74) is 3.86. The van der Waals surface area contributed by atoms with E-state index in [1.165, 1.54) is 55.7 Å². The Morgan fingerprint density at radius 3 is 1.58 bits per heavy atom. The van der Waals surface area contributed by atoms with Crippen LogP contribution in [0, 0.1) is 13.8 Å². The molecule has 0 atom stereocenters. The van der Waals surface area contributed by atoms with Crippen molar-refractivity contribution in [3.05, 3.63) is 83.9 Å². The van der Waals surface area contributed by atoms with Gasteiger partial charge in [-0.1, -0.05) is 35.4 Å². The fourth-order valence-corrected chi connectivity index (χ4v) is 2.55. The average molecular weight is 523 g/mol. The van der Waals surface area contributed by atoms with Gasteiger partial charge < -0.3 is 0 Å². The van der Waals surface area contributed by atoms with Crippen molar-refractivity contribution in [2.75, 3.05) is 0 Å². The number of hydrogen-bond acceptors (Lipinski definition) is 0. The minimum Gasteiger partial charge on any atom is -0.214 e. The number of hydrogen-bond donors (Lipinski definition) is 0. The van der Waals surface area contributed by atoms with Gasteiger partial charge in [-0.3, -0.25) is 0 Å². The quantitative estimate of drug-likeness (QED) is 0.182. The van der Waals surface area contributed by atoms with Crippen LogP contribution in [0.25, 0.3) is 21.5 Å². The van der Waals surface area contributed by atoms with Crippen molar-refractivity contribution < 1.29 is 23.0 Å². The molecule has 0 N–H and O–H groups in total. The third-order valence-corrected chi connectivity index (χ3v) is 12.4. The predicted octanol–water partition coefficient (Wildman–Crippen LogP) is 7.30. The van der Waals surface area contributed by atoms with E-state index in [-0.39, 0.29) is 5.49 Å². The van der Waals surface area contributed by atoms with E-state index < -0.39 is 0 Å². The van der Waals surface area contributed by atoms with Crippen molar-refractivity contribution >= 4 is 27.0 Å². The van der Waals surface area contributed by atoms with E-state index in [1.807, 2.05) is 30.3 Å². The molecule has 0 heterocycles. The van der Waals surface area contributed by atoms with Crippen molar-refractivity contribution in [1.82, 2.24) is 0 Å². The molecule has 0 unspecified atom stereocenters. The summed E-state index contributed by atoms with van der Waals surface area (Å²) in [6.45, 7) is 11.3. The molecule has 0 fully saturated rings. The van der Waals surface area contributed by atoms with Crippen molar-refractivity contribution in [2.24, 2.45) is 0 Å². The van der Waals surface area contributed by atoms with Gasteiger partial charge >= 0.3 is 54.4 Å². The van der Waals surface area contributed by atoms with Crippen LogP contribution in [0.5, 0.6) is 0 Å². The smallest absolute Gasteiger partial charge is 0.0410 e. The zero-order chi connectivity index (χ0) is 19.1. The number of rotatable bonds is 1. The van der Waals surface area contributed by atoms with Crippen LogP contribution in [0.15, 0.2) is 72.8 Å². The Labute approximate surface area is 173 Å². The molecule has 26 heavy (non-hydrogen) atoms. The molecule has 0 radical (unpaired) electrons. The molecule has 132 valence electrons. The first-order chi connectivity index (χ1) is 12.4. The summed E-state index contributed by atoms with van der Waals surface area (Å²) < 4.78 is 0. The number of aryl methyl sites for hydroxylation is 2. The van der Waals surface area contributed by atoms with E-state index >= 15 is 0 Å². The maximum absolute atomic E-state index is 2.40. The van der Waals surface area contributed by atoms with Gasteiger partial charge in [0.05, 0.1) is 0 Å². The molecule has 4 aromatic rings. The Kier molecular flexibility index (Phi) is 8.24. The molecule has 0 aliphatic carbocycles. The van der Waals surface area contributed by atoms with E-state index in [2.05, 4.69) is 76.7 Å². The van der Waals surface area contributed by atoms with E-state index in [4.69, 9.17) is 0 Å². The Morgan fingerprint density at radius 1 is 0.846 bits per heavy atom. The standard InChI is InChI=1S/C15H13.C5H5.C4H10Si.Hf/c1-10-3-5-12-9-13-6-4-11(2)8-15(13)14(12)7-10;1-2-4-5-3-1;1-4(2)5-3;/h3-9H,1-2H3;1-5H;4H,1-3H3;/q2*-1;;+2. The van der Waals surface area contributed by atoms with Crippen LogP contribution in [-0.4, -0.2) is 5.49 Å². The summed E-state index contributed by atoms with van der Waals surface area (Å²) in [6.07, 6.45) is 0. The Balaban J connectivity index is 0.000000183. The van der Waals surface area contributed by atoms with E-state index in [0.29, 0.717) is 0 Å². The van der Waals surface area contributed by atoms with Crippen LogP contribution in [0.4, 0.5) is 0 Å². The zero-order valence-corrected chi connectivity index (χ0v) is 21.1. The van der Waals surface area contributed by atoms with Crippen molar-refractivity contribution in [1.29, 1.82) is 0 Å². The number of benzene rings is 2. The van der Waals surface area contributed by atoms with Gasteiger partial charge in [0.2, 0.25) is 0 Å². The van der Waals surface area contributed by atoms with Gasteiger partial charge in [-0.05, 0) is 13.8 Å². The molecule has 0 aliphatic rings. The topological polar surface area (TPSA) is 0 Å². The van der Waals surface area contributed by atoms with Gasteiger partial charge in [-0.2, -0.15) is 18.2 Å². The molecule has 0 spiro atoms. The first-order valence-electron chi connectivity index (χ1n) is 9.16. The average Bonchev–Trinajstić information content (AvgIpc) is 3.27. The van der Waals surface area contributed by atoms with Crippen LogP contribution >= 0.6 is 0 Å². The second-order valence-electron chi connectivity index (χ2n) is 7.13. The molecule has 0 aromatic heterocycles. The summed E-state index contributed by atoms with van der Waals surface area (Å²) in [7, 11) is 0. The van der Waals surface area contributed by atoms with Crippen molar-refractivity contribution in [3.63, 3.8) is 0 Å². The summed E-state index contributed by atoms with van der Waals surface area (Å²) in [4.78, 5) is 0. The van der Waals surface area contributed by atoms with Gasteiger partial charge in [-0.15, -0.1) is 39.7 Å². The van der Waals surface area contributed by atoms with Gasteiger partial charge in [-0.25, -0.2) is 12.1 Å². The fourth-order valence-electron chi connectivity index (χ4n) is 2.55. The normalized spacial score (nSPS) is 10.3. The van der Waals surface area contributed by atoms with Crippen LogP contribution in [-0.2, 0) is 23.0 Å². The predicted molar refractivity (Wildman–Crippen MR) is 115 cm³/mol. The van der Waals surface area contributed by atoms with Crippen LogP contribution < -0.4 is 0 Å². The van der Waals surface area contributed by atoms with E-state index in [0.717, 1.165) is 5.54 Å². The molecule has 0 bridgehead atoms. The van der Waals surface area contributed by atoms with Crippen molar-refractivity contribution in [3.8, 4) is 0 Å². The maximum atomic E-state index is 2.40. The summed E-state index contributed by atoms with van der Waals surface area (Å²) in [6, 6.07) is 25.6. The molecule has 0 nitrogen and oxygen atoms in total. The second kappa shape index (κ2) is 10.2. The zero-order valence-electron chi connectivity index (χ0n) is 16.5. The van der Waals surface area contributed by atoms with Crippen LogP contribution in [0.2, 0.25) is 12.1 Å². The van der Waals surface area contributed by atoms with E-state index in [9.17, 15) is 0 Å². The van der Waals surface area contributed by atoms with Gasteiger partial charge in [0.1, 0.15) is 0 Å². The van der Waals surface area contributed by atoms with Crippen LogP contribution in [0.3, 0.4) is 0 Å². The molecule has 0 saturated heterocycles. The molecule has 0 aliphatic heterocycles. The Morgan fingerprint density at radius 2 is 1.27 bits per heavy atom. The van der Waals surface area contributed by atoms with Crippen molar-refractivity contribution in [2.45, 2.75) is 39.8 Å². The molecular weight excluding hydrogens is 495 g/mol. The minimum absolute atomic E-state index is 0.187. The molecule has 0 amide bonds. The Hall–Kier alpha value is -1.25. The first kappa shape index (κ1) is 21.1. The van der Waals surface area contributed by atoms with Gasteiger partial charge in [0.25, 0.3) is 0 Å². The first-order valence-corrected chi connectivity index (χ1v) is 16.6. The number of fused-ring (bicyclic) bond motifs is 3. The van der Waals surface area contributed by atoms with Gasteiger partial charge in [0.15, 0.2) is 0 Å². The molecule has 4 aromatic carbocycles. The third kappa shape index (κ3) is 6.17. The SMILES string of the molecule is CC(C)[Si](C)=[Hf+2].Cc1ccc2[cH-]c3ccc(C)cc3c2c1.c1cc[cH-]c1. The monoisotopic (exact) mass is 524 g/mol. The maximum Gasteiger partial charge on any atom is -0.0410 e. The largest absolute Gasteiger partial charge is 0.214 e. The molecule has 0 saturated carbocycles. The van der Waals surface area contributed by atoms with E-state index in [1.54, 1.807) is 0 Å². The molecular formula is C24H28HfSi. The summed E-state index contributed by atoms with van der Waals surface area (Å²) >= 11 is 1.46. The Bertz CT molecular complexity index is 885. The fraction of sp³-hybridized carbons (Fsp3) is 0.250. The summed E-state index contributed by atoms with van der Waals surface area (Å²) in [5, 5.41) is 5.46.